The molecule has 154 valence electrons. The van der Waals surface area contributed by atoms with Crippen LogP contribution in [0.4, 0.5) is 0 Å². The maximum atomic E-state index is 12.7. The predicted molar refractivity (Wildman–Crippen MR) is 117 cm³/mol. The number of thiazole rings is 1. The number of carbonyl (C=O) groups is 1. The van der Waals surface area contributed by atoms with Crippen LogP contribution in [0.3, 0.4) is 0 Å². The molecule has 2 aliphatic heterocycles. The van der Waals surface area contributed by atoms with Crippen molar-refractivity contribution >= 4 is 41.0 Å². The van der Waals surface area contributed by atoms with E-state index in [9.17, 15) is 4.79 Å². The third kappa shape index (κ3) is 4.44. The first-order valence-electron chi connectivity index (χ1n) is 9.78. The standard InChI is InChI=1S/C20H27N3O2S2.ClH/c1-13(2)19-23-14(12-26-19)3-7-22-18(24)17-11-15-16(27-17)4-10-25-20(15)5-8-21-9-6-20;/h11-13,21H,3-10H2,1-2H3,(H,22,24);1H. The summed E-state index contributed by atoms with van der Waals surface area (Å²) in [6.07, 6.45) is 3.66. The molecule has 28 heavy (non-hydrogen) atoms. The summed E-state index contributed by atoms with van der Waals surface area (Å²) in [5, 5.41) is 9.74. The lowest BCUT2D eigenvalue weighted by atomic mass is 9.83. The van der Waals surface area contributed by atoms with Gasteiger partial charge in [0.2, 0.25) is 0 Å². The average molecular weight is 442 g/mol. The van der Waals surface area contributed by atoms with Crippen LogP contribution in [-0.2, 0) is 23.2 Å². The van der Waals surface area contributed by atoms with Gasteiger partial charge in [-0.3, -0.25) is 4.79 Å². The van der Waals surface area contributed by atoms with Crippen LogP contribution in [0.2, 0.25) is 0 Å². The van der Waals surface area contributed by atoms with Crippen LogP contribution in [0.5, 0.6) is 0 Å². The van der Waals surface area contributed by atoms with Crippen molar-refractivity contribution < 1.29 is 9.53 Å². The topological polar surface area (TPSA) is 63.2 Å². The first-order valence-corrected chi connectivity index (χ1v) is 11.5. The molecule has 0 aromatic carbocycles. The summed E-state index contributed by atoms with van der Waals surface area (Å²) in [6, 6.07) is 2.08. The summed E-state index contributed by atoms with van der Waals surface area (Å²) in [5.74, 6) is 0.484. The Morgan fingerprint density at radius 3 is 2.89 bits per heavy atom. The first kappa shape index (κ1) is 21.7. The number of ether oxygens (including phenoxy) is 1. The van der Waals surface area contributed by atoms with Crippen molar-refractivity contribution in [1.82, 2.24) is 15.6 Å². The number of halogens is 1. The highest BCUT2D eigenvalue weighted by molar-refractivity contribution is 7.14. The monoisotopic (exact) mass is 441 g/mol. The Bertz CT molecular complexity index is 812. The molecule has 4 heterocycles. The molecule has 2 aliphatic rings. The lowest BCUT2D eigenvalue weighted by molar-refractivity contribution is -0.0792. The molecule has 0 saturated carbocycles. The van der Waals surface area contributed by atoms with E-state index in [0.29, 0.717) is 12.5 Å². The highest BCUT2D eigenvalue weighted by Gasteiger charge is 2.40. The van der Waals surface area contributed by atoms with E-state index in [1.54, 1.807) is 22.7 Å². The van der Waals surface area contributed by atoms with Gasteiger partial charge in [0.25, 0.3) is 5.91 Å². The molecular formula is C20H28ClN3O2S2. The van der Waals surface area contributed by atoms with Crippen molar-refractivity contribution in [2.45, 2.75) is 51.0 Å². The Labute approximate surface area is 180 Å². The van der Waals surface area contributed by atoms with Crippen molar-refractivity contribution in [3.63, 3.8) is 0 Å². The third-order valence-electron chi connectivity index (χ3n) is 5.37. The first-order chi connectivity index (χ1) is 13.1. The maximum Gasteiger partial charge on any atom is 0.261 e. The fraction of sp³-hybridized carbons (Fsp3) is 0.600. The Morgan fingerprint density at radius 1 is 1.39 bits per heavy atom. The molecule has 8 heteroatoms. The van der Waals surface area contributed by atoms with E-state index >= 15 is 0 Å². The summed E-state index contributed by atoms with van der Waals surface area (Å²) >= 11 is 3.34. The number of nitrogens with zero attached hydrogens (tertiary/aromatic N) is 1. The van der Waals surface area contributed by atoms with E-state index < -0.39 is 0 Å². The number of fused-ring (bicyclic) bond motifs is 2. The molecule has 5 nitrogen and oxygen atoms in total. The van der Waals surface area contributed by atoms with Gasteiger partial charge in [0.15, 0.2) is 0 Å². The van der Waals surface area contributed by atoms with E-state index in [0.717, 1.165) is 61.0 Å². The Hall–Kier alpha value is -0.990. The molecule has 1 amide bonds. The number of nitrogens with one attached hydrogen (secondary N) is 2. The molecule has 0 atom stereocenters. The number of hydrogen-bond acceptors (Lipinski definition) is 6. The molecular weight excluding hydrogens is 414 g/mol. The van der Waals surface area contributed by atoms with Crippen molar-refractivity contribution in [3.05, 3.63) is 37.5 Å². The summed E-state index contributed by atoms with van der Waals surface area (Å²) in [4.78, 5) is 19.4. The normalized spacial score (nSPS) is 18.0. The predicted octanol–water partition coefficient (Wildman–Crippen LogP) is 3.87. The van der Waals surface area contributed by atoms with Gasteiger partial charge in [-0.05, 0) is 37.6 Å². The van der Waals surface area contributed by atoms with Gasteiger partial charge >= 0.3 is 0 Å². The average Bonchev–Trinajstić information content (AvgIpc) is 3.30. The molecule has 4 rings (SSSR count). The second-order valence-electron chi connectivity index (χ2n) is 7.63. The Balaban J connectivity index is 0.00000225. The van der Waals surface area contributed by atoms with Crippen LogP contribution in [0, 0.1) is 0 Å². The minimum Gasteiger partial charge on any atom is -0.370 e. The van der Waals surface area contributed by atoms with Crippen LogP contribution in [0.1, 0.15) is 63.4 Å². The van der Waals surface area contributed by atoms with E-state index in [1.165, 1.54) is 10.4 Å². The van der Waals surface area contributed by atoms with Gasteiger partial charge in [0.1, 0.15) is 0 Å². The smallest absolute Gasteiger partial charge is 0.261 e. The Morgan fingerprint density at radius 2 is 2.18 bits per heavy atom. The summed E-state index contributed by atoms with van der Waals surface area (Å²) in [6.45, 7) is 7.64. The number of piperidine rings is 1. The molecule has 2 aromatic heterocycles. The zero-order valence-electron chi connectivity index (χ0n) is 16.4. The molecule has 2 N–H and O–H groups in total. The van der Waals surface area contributed by atoms with Crippen molar-refractivity contribution in [3.8, 4) is 0 Å². The van der Waals surface area contributed by atoms with Crippen molar-refractivity contribution in [2.24, 2.45) is 0 Å². The van der Waals surface area contributed by atoms with E-state index in [2.05, 4.69) is 40.9 Å². The van der Waals surface area contributed by atoms with E-state index in [-0.39, 0.29) is 23.9 Å². The summed E-state index contributed by atoms with van der Waals surface area (Å²) in [7, 11) is 0. The molecule has 1 spiro atoms. The zero-order chi connectivity index (χ0) is 18.9. The largest absolute Gasteiger partial charge is 0.370 e. The van der Waals surface area contributed by atoms with Gasteiger partial charge in [-0.15, -0.1) is 35.1 Å². The van der Waals surface area contributed by atoms with Crippen LogP contribution in [0.15, 0.2) is 11.4 Å². The van der Waals surface area contributed by atoms with Crippen LogP contribution in [-0.4, -0.2) is 37.1 Å². The third-order valence-corrected chi connectivity index (χ3v) is 7.76. The molecule has 0 bridgehead atoms. The molecule has 2 aromatic rings. The molecule has 0 unspecified atom stereocenters. The highest BCUT2D eigenvalue weighted by atomic mass is 35.5. The number of hydrogen-bond donors (Lipinski definition) is 2. The number of thiophene rings is 1. The van der Waals surface area contributed by atoms with Crippen LogP contribution < -0.4 is 10.6 Å². The zero-order valence-corrected chi connectivity index (χ0v) is 18.8. The maximum absolute atomic E-state index is 12.7. The van der Waals surface area contributed by atoms with Gasteiger partial charge in [0.05, 0.1) is 27.8 Å². The van der Waals surface area contributed by atoms with Gasteiger partial charge < -0.3 is 15.4 Å². The molecule has 1 saturated heterocycles. The molecule has 0 aliphatic carbocycles. The van der Waals surface area contributed by atoms with Crippen molar-refractivity contribution in [1.29, 1.82) is 0 Å². The second-order valence-corrected chi connectivity index (χ2v) is 9.65. The summed E-state index contributed by atoms with van der Waals surface area (Å²) in [5.41, 5.74) is 2.14. The fourth-order valence-electron chi connectivity index (χ4n) is 3.87. The lowest BCUT2D eigenvalue weighted by Crippen LogP contribution is -2.44. The Kier molecular flexibility index (Phi) is 7.15. The molecule has 0 radical (unpaired) electrons. The van der Waals surface area contributed by atoms with Gasteiger partial charge in [0, 0.05) is 35.6 Å². The number of rotatable bonds is 5. The van der Waals surface area contributed by atoms with Gasteiger partial charge in [-0.2, -0.15) is 0 Å². The van der Waals surface area contributed by atoms with Gasteiger partial charge in [-0.1, -0.05) is 13.8 Å². The van der Waals surface area contributed by atoms with Crippen LogP contribution >= 0.6 is 35.1 Å². The van der Waals surface area contributed by atoms with E-state index in [1.807, 2.05) is 0 Å². The van der Waals surface area contributed by atoms with Crippen molar-refractivity contribution in [2.75, 3.05) is 26.2 Å². The minimum absolute atomic E-state index is 0. The summed E-state index contributed by atoms with van der Waals surface area (Å²) < 4.78 is 6.21. The fourth-order valence-corrected chi connectivity index (χ4v) is 5.88. The minimum atomic E-state index is -0.179. The van der Waals surface area contributed by atoms with E-state index in [4.69, 9.17) is 4.74 Å². The number of aromatic nitrogens is 1. The SMILES string of the molecule is CC(C)c1nc(CCNC(=O)c2cc3c(s2)CCOC32CCNCC2)cs1.Cl. The molecule has 1 fully saturated rings. The van der Waals surface area contributed by atoms with Gasteiger partial charge in [-0.25, -0.2) is 4.98 Å². The number of amides is 1. The second kappa shape index (κ2) is 9.22. The lowest BCUT2D eigenvalue weighted by Gasteiger charge is -2.40. The van der Waals surface area contributed by atoms with Crippen LogP contribution in [0.25, 0.3) is 0 Å². The highest BCUT2D eigenvalue weighted by Crippen LogP contribution is 2.43. The quantitative estimate of drug-likeness (QED) is 0.739. The number of carbonyl (C=O) groups excluding carboxylic acids is 1.